The van der Waals surface area contributed by atoms with Gasteiger partial charge in [-0.3, -0.25) is 0 Å². The highest BCUT2D eigenvalue weighted by Gasteiger charge is 2.40. The first-order chi connectivity index (χ1) is 12.8. The number of aromatic hydroxyl groups is 2. The molecule has 1 saturated heterocycles. The number of benzene rings is 2. The molecule has 0 unspecified atom stereocenters. The Labute approximate surface area is 151 Å². The van der Waals surface area contributed by atoms with E-state index >= 15 is 0 Å². The number of aromatic nitrogens is 2. The van der Waals surface area contributed by atoms with Crippen LogP contribution in [-0.4, -0.2) is 40.4 Å². The first kappa shape index (κ1) is 17.3. The molecule has 4 rings (SSSR count). The third-order valence-corrected chi connectivity index (χ3v) is 4.69. The summed E-state index contributed by atoms with van der Waals surface area (Å²) in [4.78, 5) is 9.26. The van der Waals surface area contributed by atoms with E-state index in [9.17, 15) is 23.4 Å². The second-order valence-corrected chi connectivity index (χ2v) is 6.32. The molecule has 9 heteroatoms. The van der Waals surface area contributed by atoms with Crippen molar-refractivity contribution < 1.29 is 28.1 Å². The SMILES string of the molecule is COc1cc(-c2nc3cc(N4CCC4)ccc3[nH]2)c(C(F)(F)F)c(O)c1O. The zero-order valence-electron chi connectivity index (χ0n) is 14.3. The van der Waals surface area contributed by atoms with Crippen LogP contribution in [0.1, 0.15) is 12.0 Å². The van der Waals surface area contributed by atoms with Crippen LogP contribution >= 0.6 is 0 Å². The third kappa shape index (κ3) is 2.79. The lowest BCUT2D eigenvalue weighted by molar-refractivity contribution is -0.138. The quantitative estimate of drug-likeness (QED) is 0.602. The summed E-state index contributed by atoms with van der Waals surface area (Å²) in [5, 5.41) is 19.7. The van der Waals surface area contributed by atoms with E-state index in [0.717, 1.165) is 31.3 Å². The Morgan fingerprint density at radius 1 is 1.15 bits per heavy atom. The summed E-state index contributed by atoms with van der Waals surface area (Å²) < 4.78 is 45.5. The lowest BCUT2D eigenvalue weighted by Crippen LogP contribution is -2.36. The molecule has 0 bridgehead atoms. The van der Waals surface area contributed by atoms with Crippen LogP contribution in [0.15, 0.2) is 24.3 Å². The average Bonchev–Trinajstić information content (AvgIpc) is 2.97. The first-order valence-corrected chi connectivity index (χ1v) is 8.25. The number of nitrogens with one attached hydrogen (secondary N) is 1. The van der Waals surface area contributed by atoms with E-state index in [-0.39, 0.29) is 11.6 Å². The van der Waals surface area contributed by atoms with E-state index < -0.39 is 28.8 Å². The lowest BCUT2D eigenvalue weighted by atomic mass is 10.0. The van der Waals surface area contributed by atoms with E-state index in [4.69, 9.17) is 4.74 Å². The number of alkyl halides is 3. The molecule has 1 aromatic heterocycles. The van der Waals surface area contributed by atoms with Gasteiger partial charge in [0.1, 0.15) is 11.4 Å². The minimum Gasteiger partial charge on any atom is -0.504 e. The van der Waals surface area contributed by atoms with Gasteiger partial charge in [0.2, 0.25) is 5.75 Å². The van der Waals surface area contributed by atoms with Gasteiger partial charge in [0.05, 0.1) is 18.1 Å². The van der Waals surface area contributed by atoms with E-state index in [1.54, 1.807) is 12.1 Å². The number of fused-ring (bicyclic) bond motifs is 1. The van der Waals surface area contributed by atoms with Gasteiger partial charge in [-0.05, 0) is 30.7 Å². The fraction of sp³-hybridized carbons (Fsp3) is 0.278. The van der Waals surface area contributed by atoms with Crippen LogP contribution in [0.25, 0.3) is 22.4 Å². The zero-order valence-corrected chi connectivity index (χ0v) is 14.3. The van der Waals surface area contributed by atoms with Crippen LogP contribution < -0.4 is 9.64 Å². The smallest absolute Gasteiger partial charge is 0.420 e. The summed E-state index contributed by atoms with van der Waals surface area (Å²) in [5.41, 5.74) is 0.246. The standard InChI is InChI=1S/C18H16F3N3O3/c1-27-13-8-10(14(18(19,20)21)16(26)15(13)25)17-22-11-4-3-9(7-12(11)23-17)24-5-2-6-24/h3-4,7-8,25-26H,2,5-6H2,1H3,(H,22,23). The molecule has 27 heavy (non-hydrogen) atoms. The minimum absolute atomic E-state index is 0.0771. The molecular formula is C18H16F3N3O3. The van der Waals surface area contributed by atoms with Crippen LogP contribution in [0.2, 0.25) is 0 Å². The molecule has 3 N–H and O–H groups in total. The summed E-state index contributed by atoms with van der Waals surface area (Å²) >= 11 is 0. The number of hydrogen-bond donors (Lipinski definition) is 3. The molecule has 0 radical (unpaired) electrons. The van der Waals surface area contributed by atoms with Crippen LogP contribution in [0, 0.1) is 0 Å². The van der Waals surface area contributed by atoms with E-state index in [2.05, 4.69) is 14.9 Å². The Morgan fingerprint density at radius 3 is 2.48 bits per heavy atom. The molecule has 1 fully saturated rings. The number of ether oxygens (including phenoxy) is 1. The Bertz CT molecular complexity index is 1030. The van der Waals surface area contributed by atoms with Crippen molar-refractivity contribution in [3.05, 3.63) is 29.8 Å². The summed E-state index contributed by atoms with van der Waals surface area (Å²) in [5.74, 6) is -2.62. The molecule has 2 heterocycles. The number of H-pyrrole nitrogens is 1. The Morgan fingerprint density at radius 2 is 1.89 bits per heavy atom. The molecule has 1 aliphatic rings. The maximum absolute atomic E-state index is 13.5. The highest BCUT2D eigenvalue weighted by Crippen LogP contribution is 2.50. The second kappa shape index (κ2) is 5.97. The molecule has 0 atom stereocenters. The molecule has 0 amide bonds. The number of aromatic amines is 1. The van der Waals surface area contributed by atoms with Crippen molar-refractivity contribution in [1.29, 1.82) is 0 Å². The number of hydrogen-bond acceptors (Lipinski definition) is 5. The van der Waals surface area contributed by atoms with E-state index in [1.807, 2.05) is 6.07 Å². The Hall–Kier alpha value is -3.10. The summed E-state index contributed by atoms with van der Waals surface area (Å²) in [6, 6.07) is 6.44. The van der Waals surface area contributed by atoms with Gasteiger partial charge in [-0.1, -0.05) is 0 Å². The highest BCUT2D eigenvalue weighted by molar-refractivity contribution is 5.84. The van der Waals surface area contributed by atoms with Crippen LogP contribution in [-0.2, 0) is 6.18 Å². The lowest BCUT2D eigenvalue weighted by Gasteiger charge is -2.33. The van der Waals surface area contributed by atoms with Gasteiger partial charge in [0, 0.05) is 24.3 Å². The summed E-state index contributed by atoms with van der Waals surface area (Å²) in [7, 11) is 1.18. The van der Waals surface area contributed by atoms with Crippen molar-refractivity contribution in [3.63, 3.8) is 0 Å². The predicted octanol–water partition coefficient (Wildman–Crippen LogP) is 3.88. The summed E-state index contributed by atoms with van der Waals surface area (Å²) in [6.45, 7) is 1.87. The van der Waals surface area contributed by atoms with Gasteiger partial charge in [-0.25, -0.2) is 4.98 Å². The summed E-state index contributed by atoms with van der Waals surface area (Å²) in [6.07, 6.45) is -3.80. The number of phenolic OH excluding ortho intramolecular Hbond substituents is 2. The minimum atomic E-state index is -4.90. The molecule has 0 aliphatic carbocycles. The number of rotatable bonds is 3. The normalized spacial score (nSPS) is 14.4. The highest BCUT2D eigenvalue weighted by atomic mass is 19.4. The van der Waals surface area contributed by atoms with Crippen molar-refractivity contribution >= 4 is 16.7 Å². The van der Waals surface area contributed by atoms with Crippen molar-refractivity contribution in [2.24, 2.45) is 0 Å². The fourth-order valence-electron chi connectivity index (χ4n) is 3.16. The number of nitrogens with zero attached hydrogens (tertiary/aromatic N) is 2. The van der Waals surface area contributed by atoms with Crippen molar-refractivity contribution in [3.8, 4) is 28.6 Å². The topological polar surface area (TPSA) is 81.6 Å². The Kier molecular flexibility index (Phi) is 3.83. The number of methoxy groups -OCH3 is 1. The van der Waals surface area contributed by atoms with Crippen LogP contribution in [0.4, 0.5) is 18.9 Å². The predicted molar refractivity (Wildman–Crippen MR) is 93.2 cm³/mol. The monoisotopic (exact) mass is 379 g/mol. The molecule has 142 valence electrons. The number of imidazole rings is 1. The van der Waals surface area contributed by atoms with Gasteiger partial charge in [-0.2, -0.15) is 13.2 Å². The number of anilines is 1. The van der Waals surface area contributed by atoms with Crippen molar-refractivity contribution in [2.75, 3.05) is 25.1 Å². The zero-order chi connectivity index (χ0) is 19.3. The molecule has 6 nitrogen and oxygen atoms in total. The average molecular weight is 379 g/mol. The Balaban J connectivity index is 1.90. The van der Waals surface area contributed by atoms with Gasteiger partial charge in [0.15, 0.2) is 11.5 Å². The van der Waals surface area contributed by atoms with Gasteiger partial charge in [0.25, 0.3) is 0 Å². The van der Waals surface area contributed by atoms with Crippen LogP contribution in [0.3, 0.4) is 0 Å². The van der Waals surface area contributed by atoms with Gasteiger partial charge >= 0.3 is 6.18 Å². The molecule has 3 aromatic rings. The molecule has 0 spiro atoms. The maximum Gasteiger partial charge on any atom is 0.420 e. The molecular weight excluding hydrogens is 363 g/mol. The molecule has 2 aromatic carbocycles. The third-order valence-electron chi connectivity index (χ3n) is 4.69. The first-order valence-electron chi connectivity index (χ1n) is 8.25. The second-order valence-electron chi connectivity index (χ2n) is 6.32. The van der Waals surface area contributed by atoms with E-state index in [1.165, 1.54) is 7.11 Å². The molecule has 1 aliphatic heterocycles. The number of halogens is 3. The van der Waals surface area contributed by atoms with Gasteiger partial charge in [-0.15, -0.1) is 0 Å². The van der Waals surface area contributed by atoms with Gasteiger partial charge < -0.3 is 24.8 Å². The maximum atomic E-state index is 13.5. The molecule has 0 saturated carbocycles. The largest absolute Gasteiger partial charge is 0.504 e. The van der Waals surface area contributed by atoms with Crippen molar-refractivity contribution in [2.45, 2.75) is 12.6 Å². The van der Waals surface area contributed by atoms with E-state index in [0.29, 0.717) is 11.0 Å². The number of phenols is 2. The van der Waals surface area contributed by atoms with Crippen LogP contribution in [0.5, 0.6) is 17.2 Å². The van der Waals surface area contributed by atoms with Crippen molar-refractivity contribution in [1.82, 2.24) is 9.97 Å². The fourth-order valence-corrected chi connectivity index (χ4v) is 3.16.